The number of benzene rings is 1. The lowest BCUT2D eigenvalue weighted by atomic mass is 9.97. The Kier molecular flexibility index (Phi) is 7.23. The van der Waals surface area contributed by atoms with E-state index in [2.05, 4.69) is 16.9 Å². The van der Waals surface area contributed by atoms with Gasteiger partial charge in [0.1, 0.15) is 5.75 Å². The summed E-state index contributed by atoms with van der Waals surface area (Å²) in [6.45, 7) is 10.7. The van der Waals surface area contributed by atoms with Gasteiger partial charge in [-0.05, 0) is 57.4 Å². The van der Waals surface area contributed by atoms with Gasteiger partial charge in [0.2, 0.25) is 11.8 Å². The fourth-order valence-electron chi connectivity index (χ4n) is 4.15. The average molecular weight is 515 g/mol. The Morgan fingerprint density at radius 1 is 1.29 bits per heavy atom. The first-order chi connectivity index (χ1) is 16.6. The summed E-state index contributed by atoms with van der Waals surface area (Å²) < 4.78 is 6.47. The molecule has 35 heavy (non-hydrogen) atoms. The number of carbonyl (C=O) groups excluding carboxylic acids is 3. The molecule has 2 heterocycles. The maximum absolute atomic E-state index is 13.6. The molecule has 1 aromatic carbocycles. The van der Waals surface area contributed by atoms with Crippen LogP contribution in [0.5, 0.6) is 5.75 Å². The number of aromatic nitrogens is 1. The van der Waals surface area contributed by atoms with Crippen LogP contribution in [0.3, 0.4) is 0 Å². The zero-order chi connectivity index (χ0) is 25.3. The standard InChI is InChI=1S/C25H30N4O4S2/c1-6-20(30)29-10-9-28(14-25(29,3)4)23(32)17-12-19(15(2)11-18(17)33-5)34-21-13-26-24(35-21)27-22(31)16-7-8-16/h6,11-13,16H,1,7-10,14H2,2-5H3,(H,26,27,31). The Morgan fingerprint density at radius 3 is 2.66 bits per heavy atom. The minimum absolute atomic E-state index is 0.0298. The number of piperazine rings is 1. The zero-order valence-corrected chi connectivity index (χ0v) is 22.1. The Morgan fingerprint density at radius 2 is 2.03 bits per heavy atom. The molecular weight excluding hydrogens is 484 g/mol. The Labute approximate surface area is 213 Å². The van der Waals surface area contributed by atoms with E-state index in [4.69, 9.17) is 4.74 Å². The minimum Gasteiger partial charge on any atom is -0.496 e. The van der Waals surface area contributed by atoms with E-state index < -0.39 is 5.54 Å². The Bertz CT molecular complexity index is 1170. The van der Waals surface area contributed by atoms with Crippen LogP contribution < -0.4 is 10.1 Å². The second-order valence-electron chi connectivity index (χ2n) is 9.40. The van der Waals surface area contributed by atoms with Crippen LogP contribution in [-0.2, 0) is 9.59 Å². The predicted octanol–water partition coefficient (Wildman–Crippen LogP) is 4.21. The second kappa shape index (κ2) is 10.0. The van der Waals surface area contributed by atoms with Gasteiger partial charge in [-0.2, -0.15) is 0 Å². The van der Waals surface area contributed by atoms with Crippen molar-refractivity contribution in [3.05, 3.63) is 42.1 Å². The van der Waals surface area contributed by atoms with Crippen molar-refractivity contribution in [1.82, 2.24) is 14.8 Å². The number of rotatable bonds is 7. The summed E-state index contributed by atoms with van der Waals surface area (Å²) in [6, 6.07) is 3.73. The van der Waals surface area contributed by atoms with Gasteiger partial charge in [-0.1, -0.05) is 29.7 Å². The molecule has 10 heteroatoms. The highest BCUT2D eigenvalue weighted by Crippen LogP contribution is 2.39. The van der Waals surface area contributed by atoms with E-state index >= 15 is 0 Å². The van der Waals surface area contributed by atoms with Crippen molar-refractivity contribution in [2.24, 2.45) is 5.92 Å². The van der Waals surface area contributed by atoms with Crippen LogP contribution in [0.4, 0.5) is 5.13 Å². The van der Waals surface area contributed by atoms with Gasteiger partial charge in [0.05, 0.1) is 28.6 Å². The van der Waals surface area contributed by atoms with Gasteiger partial charge in [-0.15, -0.1) is 0 Å². The molecule has 0 bridgehead atoms. The zero-order valence-electron chi connectivity index (χ0n) is 20.4. The monoisotopic (exact) mass is 514 g/mol. The number of amides is 3. The summed E-state index contributed by atoms with van der Waals surface area (Å²) in [5, 5.41) is 3.46. The highest BCUT2D eigenvalue weighted by molar-refractivity contribution is 8.01. The van der Waals surface area contributed by atoms with Crippen LogP contribution >= 0.6 is 23.1 Å². The number of nitrogens with zero attached hydrogens (tertiary/aromatic N) is 3. The highest BCUT2D eigenvalue weighted by atomic mass is 32.2. The average Bonchev–Trinajstić information content (AvgIpc) is 3.59. The van der Waals surface area contributed by atoms with Gasteiger partial charge in [0, 0.05) is 30.4 Å². The fourth-order valence-corrected chi connectivity index (χ4v) is 6.10. The van der Waals surface area contributed by atoms with E-state index in [0.29, 0.717) is 36.1 Å². The largest absolute Gasteiger partial charge is 0.496 e. The number of anilines is 1. The third kappa shape index (κ3) is 5.54. The van der Waals surface area contributed by atoms with Crippen molar-refractivity contribution in [1.29, 1.82) is 0 Å². The Hall–Kier alpha value is -2.85. The molecule has 1 saturated carbocycles. The van der Waals surface area contributed by atoms with Crippen molar-refractivity contribution in [2.75, 3.05) is 32.1 Å². The smallest absolute Gasteiger partial charge is 0.257 e. The SMILES string of the molecule is C=CC(=O)N1CCN(C(=O)c2cc(Sc3cnc(NC(=O)C4CC4)s3)c(C)cc2OC)CC1(C)C. The Balaban J connectivity index is 1.53. The summed E-state index contributed by atoms with van der Waals surface area (Å²) in [5.41, 5.74) is 0.937. The number of thiazole rings is 1. The van der Waals surface area contributed by atoms with Crippen molar-refractivity contribution < 1.29 is 19.1 Å². The van der Waals surface area contributed by atoms with Crippen LogP contribution in [-0.4, -0.2) is 64.8 Å². The molecule has 3 amide bonds. The highest BCUT2D eigenvalue weighted by Gasteiger charge is 2.38. The van der Waals surface area contributed by atoms with Crippen LogP contribution in [0.2, 0.25) is 0 Å². The lowest BCUT2D eigenvalue weighted by Gasteiger charge is -2.46. The van der Waals surface area contributed by atoms with Crippen molar-refractivity contribution in [2.45, 2.75) is 48.3 Å². The number of methoxy groups -OCH3 is 1. The van der Waals surface area contributed by atoms with Gasteiger partial charge in [0.25, 0.3) is 5.91 Å². The quantitative estimate of drug-likeness (QED) is 0.557. The van der Waals surface area contributed by atoms with Gasteiger partial charge >= 0.3 is 0 Å². The third-order valence-corrected chi connectivity index (χ3v) is 8.40. The first-order valence-corrected chi connectivity index (χ1v) is 13.1. The molecule has 0 unspecified atom stereocenters. The number of hydrogen-bond donors (Lipinski definition) is 1. The molecule has 1 aromatic heterocycles. The van der Waals surface area contributed by atoms with E-state index in [9.17, 15) is 14.4 Å². The van der Waals surface area contributed by atoms with Crippen molar-refractivity contribution in [3.8, 4) is 5.75 Å². The first kappa shape index (κ1) is 25.2. The first-order valence-electron chi connectivity index (χ1n) is 11.5. The molecule has 1 N–H and O–H groups in total. The van der Waals surface area contributed by atoms with E-state index in [1.54, 1.807) is 23.1 Å². The van der Waals surface area contributed by atoms with E-state index in [0.717, 1.165) is 27.5 Å². The molecule has 186 valence electrons. The third-order valence-electron chi connectivity index (χ3n) is 6.23. The predicted molar refractivity (Wildman–Crippen MR) is 137 cm³/mol. The van der Waals surface area contributed by atoms with Gasteiger partial charge in [-0.3, -0.25) is 14.4 Å². The number of aryl methyl sites for hydroxylation is 1. The molecule has 4 rings (SSSR count). The summed E-state index contributed by atoms with van der Waals surface area (Å²) >= 11 is 2.92. The molecule has 2 fully saturated rings. The van der Waals surface area contributed by atoms with E-state index in [1.165, 1.54) is 29.2 Å². The fraction of sp³-hybridized carbons (Fsp3) is 0.440. The molecule has 1 aliphatic heterocycles. The minimum atomic E-state index is -0.515. The number of carbonyl (C=O) groups is 3. The molecule has 1 aliphatic carbocycles. The lowest BCUT2D eigenvalue weighted by molar-refractivity contribution is -0.134. The maximum Gasteiger partial charge on any atom is 0.257 e. The number of hydrogen-bond acceptors (Lipinski definition) is 7. The van der Waals surface area contributed by atoms with Gasteiger partial charge < -0.3 is 19.9 Å². The van der Waals surface area contributed by atoms with Gasteiger partial charge in [-0.25, -0.2) is 4.98 Å². The molecule has 0 spiro atoms. The topological polar surface area (TPSA) is 91.8 Å². The van der Waals surface area contributed by atoms with Gasteiger partial charge in [0.15, 0.2) is 5.13 Å². The maximum atomic E-state index is 13.6. The summed E-state index contributed by atoms with van der Waals surface area (Å²) in [7, 11) is 1.56. The molecule has 2 aromatic rings. The van der Waals surface area contributed by atoms with E-state index in [1.807, 2.05) is 32.9 Å². The second-order valence-corrected chi connectivity index (χ2v) is 11.8. The molecule has 0 atom stereocenters. The van der Waals surface area contributed by atoms with Crippen LogP contribution in [0, 0.1) is 12.8 Å². The summed E-state index contributed by atoms with van der Waals surface area (Å²) in [4.78, 5) is 46.6. The molecule has 1 saturated heterocycles. The normalized spacial score (nSPS) is 17.1. The van der Waals surface area contributed by atoms with E-state index in [-0.39, 0.29) is 23.6 Å². The lowest BCUT2D eigenvalue weighted by Crippen LogP contribution is -2.61. The molecule has 8 nitrogen and oxygen atoms in total. The van der Waals surface area contributed by atoms with Crippen LogP contribution in [0.25, 0.3) is 0 Å². The van der Waals surface area contributed by atoms with Crippen molar-refractivity contribution in [3.63, 3.8) is 0 Å². The number of ether oxygens (including phenoxy) is 1. The molecule has 0 radical (unpaired) electrons. The van der Waals surface area contributed by atoms with Crippen LogP contribution in [0.15, 0.2) is 40.1 Å². The molecular formula is C25H30N4O4S2. The summed E-state index contributed by atoms with van der Waals surface area (Å²) in [6.07, 6.45) is 4.93. The van der Waals surface area contributed by atoms with Crippen molar-refractivity contribution >= 4 is 46.0 Å². The molecule has 2 aliphatic rings. The van der Waals surface area contributed by atoms with Crippen LogP contribution in [0.1, 0.15) is 42.6 Å². The summed E-state index contributed by atoms with van der Waals surface area (Å²) in [5.74, 6) is 0.396. The number of nitrogens with one attached hydrogen (secondary N) is 1.